The Hall–Kier alpha value is -2.14. The molecule has 25 heavy (non-hydrogen) atoms. The molecule has 132 valence electrons. The van der Waals surface area contributed by atoms with E-state index in [0.717, 1.165) is 55.9 Å². The van der Waals surface area contributed by atoms with Crippen LogP contribution in [0.3, 0.4) is 0 Å². The lowest BCUT2D eigenvalue weighted by Crippen LogP contribution is -2.31. The Morgan fingerprint density at radius 1 is 1.20 bits per heavy atom. The quantitative estimate of drug-likeness (QED) is 0.855. The Kier molecular flexibility index (Phi) is 4.34. The van der Waals surface area contributed by atoms with Crippen LogP contribution in [-0.2, 0) is 16.1 Å². The molecule has 0 aliphatic carbocycles. The second-order valence-corrected chi connectivity index (χ2v) is 7.24. The molecule has 0 unspecified atom stereocenters. The Labute approximate surface area is 147 Å². The molecular weight excluding hydrogens is 316 g/mol. The van der Waals surface area contributed by atoms with E-state index in [2.05, 4.69) is 24.2 Å². The molecule has 5 heteroatoms. The van der Waals surface area contributed by atoms with Crippen LogP contribution in [0.5, 0.6) is 0 Å². The van der Waals surface area contributed by atoms with E-state index in [0.29, 0.717) is 13.0 Å². The molecule has 0 bridgehead atoms. The van der Waals surface area contributed by atoms with Gasteiger partial charge in [-0.2, -0.15) is 0 Å². The van der Waals surface area contributed by atoms with Crippen molar-refractivity contribution in [1.82, 2.24) is 10.1 Å². The molecule has 2 aliphatic heterocycles. The van der Waals surface area contributed by atoms with Gasteiger partial charge < -0.3 is 14.2 Å². The van der Waals surface area contributed by atoms with Crippen LogP contribution >= 0.6 is 0 Å². The smallest absolute Gasteiger partial charge is 0.223 e. The van der Waals surface area contributed by atoms with Crippen LogP contribution in [-0.4, -0.2) is 34.7 Å². The fourth-order valence-corrected chi connectivity index (χ4v) is 3.83. The summed E-state index contributed by atoms with van der Waals surface area (Å²) in [6, 6.07) is 10.1. The predicted molar refractivity (Wildman–Crippen MR) is 93.9 cm³/mol. The van der Waals surface area contributed by atoms with Crippen molar-refractivity contribution >= 4 is 5.91 Å². The van der Waals surface area contributed by atoms with E-state index < -0.39 is 0 Å². The zero-order chi connectivity index (χ0) is 17.3. The number of carbonyl (C=O) groups is 1. The summed E-state index contributed by atoms with van der Waals surface area (Å²) in [4.78, 5) is 14.4. The van der Waals surface area contributed by atoms with Crippen molar-refractivity contribution in [3.8, 4) is 11.3 Å². The van der Waals surface area contributed by atoms with E-state index in [1.54, 1.807) is 0 Å². The first kappa shape index (κ1) is 16.3. The molecule has 2 aliphatic rings. The molecule has 5 nitrogen and oxygen atoms in total. The standard InChI is InChI=1S/C20H24N2O3/c1-15-3-5-16(6-4-15)18-13-17(25-21-18)14-22-11-10-20(8-2-12-24-20)9-7-19(22)23/h3-6,13H,2,7-12,14H2,1H3/t20-/m0/s1. The number of nitrogens with zero attached hydrogens (tertiary/aromatic N) is 2. The number of amides is 1. The lowest BCUT2D eigenvalue weighted by atomic mass is 9.92. The topological polar surface area (TPSA) is 55.6 Å². The van der Waals surface area contributed by atoms with Gasteiger partial charge in [-0.15, -0.1) is 0 Å². The summed E-state index contributed by atoms with van der Waals surface area (Å²) < 4.78 is 11.4. The molecule has 0 saturated carbocycles. The van der Waals surface area contributed by atoms with Crippen LogP contribution < -0.4 is 0 Å². The van der Waals surface area contributed by atoms with Crippen LogP contribution in [0.4, 0.5) is 0 Å². The number of aryl methyl sites for hydroxylation is 1. The summed E-state index contributed by atoms with van der Waals surface area (Å²) in [5.41, 5.74) is 2.98. The molecule has 0 N–H and O–H groups in total. The highest BCUT2D eigenvalue weighted by atomic mass is 16.5. The van der Waals surface area contributed by atoms with Crippen LogP contribution in [0.25, 0.3) is 11.3 Å². The summed E-state index contributed by atoms with van der Waals surface area (Å²) in [5, 5.41) is 4.16. The minimum absolute atomic E-state index is 0.0706. The minimum atomic E-state index is -0.0706. The van der Waals surface area contributed by atoms with E-state index in [1.807, 2.05) is 23.1 Å². The number of aromatic nitrogens is 1. The molecule has 1 aromatic carbocycles. The third kappa shape index (κ3) is 3.47. The number of hydrogen-bond donors (Lipinski definition) is 0. The highest BCUT2D eigenvalue weighted by Gasteiger charge is 2.38. The van der Waals surface area contributed by atoms with Crippen molar-refractivity contribution in [2.24, 2.45) is 0 Å². The third-order valence-corrected chi connectivity index (χ3v) is 5.42. The van der Waals surface area contributed by atoms with Gasteiger partial charge >= 0.3 is 0 Å². The fraction of sp³-hybridized carbons (Fsp3) is 0.500. The summed E-state index contributed by atoms with van der Waals surface area (Å²) in [5.74, 6) is 0.910. The van der Waals surface area contributed by atoms with Crippen molar-refractivity contribution in [3.05, 3.63) is 41.7 Å². The zero-order valence-corrected chi connectivity index (χ0v) is 14.7. The second-order valence-electron chi connectivity index (χ2n) is 7.24. The van der Waals surface area contributed by atoms with Crippen molar-refractivity contribution in [3.63, 3.8) is 0 Å². The van der Waals surface area contributed by atoms with Gasteiger partial charge in [0.1, 0.15) is 5.69 Å². The van der Waals surface area contributed by atoms with E-state index in [4.69, 9.17) is 9.26 Å². The maximum absolute atomic E-state index is 12.5. The Morgan fingerprint density at radius 3 is 2.80 bits per heavy atom. The monoisotopic (exact) mass is 340 g/mol. The summed E-state index contributed by atoms with van der Waals surface area (Å²) in [6.45, 7) is 4.09. The highest BCUT2D eigenvalue weighted by Crippen LogP contribution is 2.36. The van der Waals surface area contributed by atoms with E-state index >= 15 is 0 Å². The Balaban J connectivity index is 1.45. The van der Waals surface area contributed by atoms with Gasteiger partial charge in [0.15, 0.2) is 5.76 Å². The van der Waals surface area contributed by atoms with Crippen molar-refractivity contribution in [1.29, 1.82) is 0 Å². The molecule has 1 aromatic heterocycles. The van der Waals surface area contributed by atoms with Crippen LogP contribution in [0, 0.1) is 6.92 Å². The van der Waals surface area contributed by atoms with Crippen LogP contribution in [0.2, 0.25) is 0 Å². The van der Waals surface area contributed by atoms with Gasteiger partial charge in [-0.3, -0.25) is 4.79 Å². The molecule has 3 heterocycles. The summed E-state index contributed by atoms with van der Waals surface area (Å²) in [7, 11) is 0. The highest BCUT2D eigenvalue weighted by molar-refractivity contribution is 5.76. The van der Waals surface area contributed by atoms with E-state index in [9.17, 15) is 4.79 Å². The van der Waals surface area contributed by atoms with Gasteiger partial charge in [-0.1, -0.05) is 35.0 Å². The van der Waals surface area contributed by atoms with Gasteiger partial charge in [-0.05, 0) is 32.6 Å². The molecule has 0 radical (unpaired) electrons. The lowest BCUT2D eigenvalue weighted by molar-refractivity contribution is -0.131. The van der Waals surface area contributed by atoms with Crippen LogP contribution in [0.15, 0.2) is 34.9 Å². The number of benzene rings is 1. The largest absolute Gasteiger partial charge is 0.375 e. The lowest BCUT2D eigenvalue weighted by Gasteiger charge is -2.26. The predicted octanol–water partition coefficient (Wildman–Crippen LogP) is 3.71. The number of ether oxygens (including phenoxy) is 1. The average molecular weight is 340 g/mol. The van der Waals surface area contributed by atoms with Crippen molar-refractivity contribution < 1.29 is 14.1 Å². The van der Waals surface area contributed by atoms with Crippen molar-refractivity contribution in [2.75, 3.05) is 13.2 Å². The fourth-order valence-electron chi connectivity index (χ4n) is 3.83. The molecule has 2 saturated heterocycles. The number of carbonyl (C=O) groups excluding carboxylic acids is 1. The SMILES string of the molecule is Cc1ccc(-c2cc(CN3CC[C@]4(CCCO4)CCC3=O)on2)cc1. The van der Waals surface area contributed by atoms with E-state index in [-0.39, 0.29) is 11.5 Å². The third-order valence-electron chi connectivity index (χ3n) is 5.42. The van der Waals surface area contributed by atoms with Gasteiger partial charge in [0.2, 0.25) is 5.91 Å². The molecule has 2 aromatic rings. The number of likely N-dealkylation sites (tertiary alicyclic amines) is 1. The first-order chi connectivity index (χ1) is 12.1. The molecule has 1 spiro atoms. The number of rotatable bonds is 3. The molecule has 1 amide bonds. The van der Waals surface area contributed by atoms with Crippen molar-refractivity contribution in [2.45, 2.75) is 51.2 Å². The molecular formula is C20H24N2O3. The normalized spacial score (nSPS) is 24.0. The molecule has 1 atom stereocenters. The minimum Gasteiger partial charge on any atom is -0.375 e. The first-order valence-corrected chi connectivity index (χ1v) is 9.08. The Bertz CT molecular complexity index is 745. The summed E-state index contributed by atoms with van der Waals surface area (Å²) in [6.07, 6.45) is 4.49. The van der Waals surface area contributed by atoms with Gasteiger partial charge in [0.25, 0.3) is 0 Å². The van der Waals surface area contributed by atoms with Gasteiger partial charge in [0, 0.05) is 31.2 Å². The number of hydrogen-bond acceptors (Lipinski definition) is 4. The second kappa shape index (κ2) is 6.64. The molecule has 4 rings (SSSR count). The van der Waals surface area contributed by atoms with E-state index in [1.165, 1.54) is 5.56 Å². The molecule has 2 fully saturated rings. The zero-order valence-electron chi connectivity index (χ0n) is 14.7. The Morgan fingerprint density at radius 2 is 2.04 bits per heavy atom. The summed E-state index contributed by atoms with van der Waals surface area (Å²) >= 11 is 0. The maximum atomic E-state index is 12.5. The average Bonchev–Trinajstić information content (AvgIpc) is 3.24. The van der Waals surface area contributed by atoms with Gasteiger partial charge in [0.05, 0.1) is 12.1 Å². The first-order valence-electron chi connectivity index (χ1n) is 9.08. The van der Waals surface area contributed by atoms with Crippen LogP contribution in [0.1, 0.15) is 43.4 Å². The van der Waals surface area contributed by atoms with Gasteiger partial charge in [-0.25, -0.2) is 0 Å². The maximum Gasteiger partial charge on any atom is 0.223 e.